The van der Waals surface area contributed by atoms with Crippen molar-refractivity contribution in [3.63, 3.8) is 0 Å². The van der Waals surface area contributed by atoms with Crippen molar-refractivity contribution >= 4 is 17.2 Å². The first-order valence-electron chi connectivity index (χ1n) is 9.56. The van der Waals surface area contributed by atoms with Gasteiger partial charge in [-0.15, -0.1) is 0 Å². The normalized spacial score (nSPS) is 19.9. The first-order chi connectivity index (χ1) is 13.9. The first-order valence-corrected chi connectivity index (χ1v) is 9.56. The number of aromatic nitrogens is 1. The van der Waals surface area contributed by atoms with Crippen molar-refractivity contribution in [2.24, 2.45) is 0 Å². The molecule has 0 saturated carbocycles. The number of halogens is 1. The summed E-state index contributed by atoms with van der Waals surface area (Å²) in [6.45, 7) is 4.55. The van der Waals surface area contributed by atoms with Crippen LogP contribution in [0.15, 0.2) is 48.3 Å². The monoisotopic (exact) mass is 395 g/mol. The summed E-state index contributed by atoms with van der Waals surface area (Å²) in [4.78, 5) is 4.27. The maximum atomic E-state index is 14.0. The third-order valence-electron chi connectivity index (χ3n) is 4.75. The standard InChI is InChI=1S/C22H26FN5O/c1-4-27-19-8-5-14(11-26-3)21(24)17-7-6-16(23)10-18(17)13(2)29-20-9-15(19)12-28-22(20)25/h6-13,24,26-27H,4-5H2,1-3H3,(H2,25,28)/b14-11-,19-8+,24-21?/t13-/m1/s1. The van der Waals surface area contributed by atoms with Crippen molar-refractivity contribution in [2.75, 3.05) is 19.3 Å². The maximum absolute atomic E-state index is 14.0. The predicted molar refractivity (Wildman–Crippen MR) is 114 cm³/mol. The Balaban J connectivity index is 2.22. The minimum Gasteiger partial charge on any atom is -0.482 e. The second-order valence-corrected chi connectivity index (χ2v) is 6.78. The van der Waals surface area contributed by atoms with Gasteiger partial charge in [-0.1, -0.05) is 6.08 Å². The Hall–Kier alpha value is -3.35. The van der Waals surface area contributed by atoms with Crippen LogP contribution < -0.4 is 21.1 Å². The van der Waals surface area contributed by atoms with Crippen LogP contribution in [0.5, 0.6) is 5.75 Å². The van der Waals surface area contributed by atoms with E-state index in [9.17, 15) is 4.39 Å². The van der Waals surface area contributed by atoms with Gasteiger partial charge in [0, 0.05) is 48.4 Å². The van der Waals surface area contributed by atoms with E-state index in [1.807, 2.05) is 26.0 Å². The largest absolute Gasteiger partial charge is 0.482 e. The van der Waals surface area contributed by atoms with Gasteiger partial charge < -0.3 is 21.1 Å². The molecule has 0 aliphatic carbocycles. The maximum Gasteiger partial charge on any atom is 0.166 e. The highest BCUT2D eigenvalue weighted by molar-refractivity contribution is 6.11. The Morgan fingerprint density at radius 3 is 2.90 bits per heavy atom. The topological polar surface area (TPSA) is 96.0 Å². The van der Waals surface area contributed by atoms with Crippen molar-refractivity contribution in [3.8, 4) is 5.75 Å². The van der Waals surface area contributed by atoms with Crippen molar-refractivity contribution in [1.82, 2.24) is 15.6 Å². The molecule has 0 amide bonds. The van der Waals surface area contributed by atoms with Crippen LogP contribution in [0.2, 0.25) is 0 Å². The highest BCUT2D eigenvalue weighted by Crippen LogP contribution is 2.32. The molecule has 0 unspecified atom stereocenters. The molecule has 29 heavy (non-hydrogen) atoms. The molecule has 0 saturated heterocycles. The van der Waals surface area contributed by atoms with E-state index in [2.05, 4.69) is 15.6 Å². The number of nitrogens with zero attached hydrogens (tertiary/aromatic N) is 1. The quantitative estimate of drug-likeness (QED) is 0.635. The molecule has 1 aromatic heterocycles. The smallest absolute Gasteiger partial charge is 0.166 e. The molecule has 6 nitrogen and oxygen atoms in total. The molecule has 0 fully saturated rings. The number of nitrogens with one attached hydrogen (secondary N) is 3. The van der Waals surface area contributed by atoms with Gasteiger partial charge in [-0.05, 0) is 50.1 Å². The lowest BCUT2D eigenvalue weighted by atomic mass is 9.93. The third kappa shape index (κ3) is 4.39. The molecule has 2 heterocycles. The summed E-state index contributed by atoms with van der Waals surface area (Å²) in [7, 11) is 1.79. The fourth-order valence-corrected chi connectivity index (χ4v) is 3.32. The Morgan fingerprint density at radius 1 is 1.38 bits per heavy atom. The second kappa shape index (κ2) is 8.77. The fourth-order valence-electron chi connectivity index (χ4n) is 3.32. The van der Waals surface area contributed by atoms with Crippen molar-refractivity contribution < 1.29 is 9.13 Å². The van der Waals surface area contributed by atoms with E-state index in [1.54, 1.807) is 25.5 Å². The van der Waals surface area contributed by atoms with Gasteiger partial charge in [0.25, 0.3) is 0 Å². The first kappa shape index (κ1) is 20.4. The zero-order chi connectivity index (χ0) is 21.0. The number of hydrogen-bond acceptors (Lipinski definition) is 6. The van der Waals surface area contributed by atoms with Gasteiger partial charge in [0.2, 0.25) is 0 Å². The molecule has 2 aromatic rings. The highest BCUT2D eigenvalue weighted by Gasteiger charge is 2.21. The zero-order valence-corrected chi connectivity index (χ0v) is 16.8. The molecule has 0 spiro atoms. The van der Waals surface area contributed by atoms with Crippen LogP contribution in [0.1, 0.15) is 43.1 Å². The fraction of sp³-hybridized carbons (Fsp3) is 0.273. The van der Waals surface area contributed by atoms with E-state index in [0.29, 0.717) is 29.0 Å². The van der Waals surface area contributed by atoms with E-state index in [0.717, 1.165) is 23.4 Å². The highest BCUT2D eigenvalue weighted by atomic mass is 19.1. The Bertz CT molecular complexity index is 983. The molecule has 1 aliphatic heterocycles. The molecule has 0 radical (unpaired) electrons. The SMILES string of the molecule is CCN/C1=C/C/C(=C/NC)C(=N)c2ccc(F)cc2[C@@H](C)Oc2cc1cnc2N. The number of anilines is 1. The number of hydrogen-bond donors (Lipinski definition) is 4. The lowest BCUT2D eigenvalue weighted by Gasteiger charge is -2.22. The summed E-state index contributed by atoms with van der Waals surface area (Å²) in [6, 6.07) is 6.22. The zero-order valence-electron chi connectivity index (χ0n) is 16.8. The van der Waals surface area contributed by atoms with Crippen LogP contribution in [0.4, 0.5) is 10.2 Å². The summed E-state index contributed by atoms with van der Waals surface area (Å²) >= 11 is 0. The Labute approximate surface area is 170 Å². The van der Waals surface area contributed by atoms with E-state index in [1.165, 1.54) is 12.1 Å². The van der Waals surface area contributed by atoms with Gasteiger partial charge in [0.1, 0.15) is 11.9 Å². The molecule has 2 bridgehead atoms. The molecule has 1 atom stereocenters. The molecular weight excluding hydrogens is 369 g/mol. The molecule has 152 valence electrons. The van der Waals surface area contributed by atoms with Gasteiger partial charge in [-0.25, -0.2) is 9.37 Å². The van der Waals surface area contributed by atoms with Gasteiger partial charge in [0.05, 0.1) is 5.71 Å². The molecule has 3 rings (SSSR count). The number of ether oxygens (including phenoxy) is 1. The van der Waals surface area contributed by atoms with Crippen LogP contribution in [-0.4, -0.2) is 24.3 Å². The van der Waals surface area contributed by atoms with Gasteiger partial charge >= 0.3 is 0 Å². The van der Waals surface area contributed by atoms with Gasteiger partial charge in [-0.2, -0.15) is 0 Å². The molecule has 5 N–H and O–H groups in total. The summed E-state index contributed by atoms with van der Waals surface area (Å²) in [6.07, 6.45) is 5.47. The van der Waals surface area contributed by atoms with E-state index in [4.69, 9.17) is 15.9 Å². The second-order valence-electron chi connectivity index (χ2n) is 6.78. The van der Waals surface area contributed by atoms with Crippen LogP contribution in [-0.2, 0) is 0 Å². The number of allylic oxidation sites excluding steroid dienone is 2. The lowest BCUT2D eigenvalue weighted by molar-refractivity contribution is 0.227. The number of rotatable bonds is 3. The van der Waals surface area contributed by atoms with E-state index >= 15 is 0 Å². The van der Waals surface area contributed by atoms with Crippen LogP contribution in [0.25, 0.3) is 5.70 Å². The predicted octanol–water partition coefficient (Wildman–Crippen LogP) is 3.77. The van der Waals surface area contributed by atoms with Crippen LogP contribution in [0.3, 0.4) is 0 Å². The summed E-state index contributed by atoms with van der Waals surface area (Å²) in [5.74, 6) is 0.303. The summed E-state index contributed by atoms with van der Waals surface area (Å²) in [5, 5.41) is 15.1. The lowest BCUT2D eigenvalue weighted by Crippen LogP contribution is -2.17. The average molecular weight is 395 g/mol. The average Bonchev–Trinajstić information content (AvgIpc) is 2.70. The molecule has 1 aliphatic rings. The van der Waals surface area contributed by atoms with Gasteiger partial charge in [-0.3, -0.25) is 5.41 Å². The van der Waals surface area contributed by atoms with Crippen molar-refractivity contribution in [1.29, 1.82) is 5.41 Å². The number of nitrogen functional groups attached to an aromatic ring is 1. The Kier molecular flexibility index (Phi) is 6.16. The van der Waals surface area contributed by atoms with Crippen molar-refractivity contribution in [2.45, 2.75) is 26.4 Å². The minimum absolute atomic E-state index is 0.261. The van der Waals surface area contributed by atoms with Gasteiger partial charge in [0.15, 0.2) is 11.6 Å². The molecule has 1 aromatic carbocycles. The Morgan fingerprint density at radius 2 is 2.17 bits per heavy atom. The summed E-state index contributed by atoms with van der Waals surface area (Å²) < 4.78 is 20.1. The van der Waals surface area contributed by atoms with Crippen LogP contribution >= 0.6 is 0 Å². The van der Waals surface area contributed by atoms with E-state index in [-0.39, 0.29) is 11.6 Å². The number of pyridine rings is 1. The third-order valence-corrected chi connectivity index (χ3v) is 4.75. The molecular formula is C22H26FN5O. The molecule has 7 heteroatoms. The van der Waals surface area contributed by atoms with Crippen molar-refractivity contribution in [3.05, 3.63) is 70.8 Å². The number of fused-ring (bicyclic) bond motifs is 3. The number of nitrogens with two attached hydrogens (primary N) is 1. The minimum atomic E-state index is -0.526. The van der Waals surface area contributed by atoms with Crippen LogP contribution in [0, 0.1) is 11.2 Å². The number of benzene rings is 1. The van der Waals surface area contributed by atoms with E-state index < -0.39 is 6.10 Å². The summed E-state index contributed by atoms with van der Waals surface area (Å²) in [5.41, 5.74) is 10.0.